The Labute approximate surface area is 237 Å². The van der Waals surface area contributed by atoms with Crippen molar-refractivity contribution in [3.8, 4) is 11.5 Å². The molecule has 0 saturated carbocycles. The topological polar surface area (TPSA) is 144 Å². The number of nitrogens with zero attached hydrogens (tertiary/aromatic N) is 2. The van der Waals surface area contributed by atoms with Crippen molar-refractivity contribution in [2.24, 2.45) is 10.9 Å². The Hall–Kier alpha value is -3.02. The average molecular weight is 560 g/mol. The van der Waals surface area contributed by atoms with Crippen molar-refractivity contribution in [2.45, 2.75) is 64.4 Å². The molecule has 2 bridgehead atoms. The number of ether oxygens (including phenoxy) is 2. The molecule has 1 amide bonds. The zero-order chi connectivity index (χ0) is 30.0. The van der Waals surface area contributed by atoms with Gasteiger partial charge in [-0.05, 0) is 58.7 Å². The number of allylic oxidation sites excluding steroid dienone is 2. The van der Waals surface area contributed by atoms with Crippen molar-refractivity contribution < 1.29 is 34.7 Å². The number of fused-ring (bicyclic) bond motifs is 2. The third kappa shape index (κ3) is 9.28. The number of carbonyl (C=O) groups excluding carboxylic acids is 1. The molecule has 10 heteroatoms. The van der Waals surface area contributed by atoms with Crippen LogP contribution in [0.5, 0.6) is 11.5 Å². The smallest absolute Gasteiger partial charge is 0.251 e. The standard InChI is InChI=1S/C30H45N3O7/c1-18-15-21-27(31-13-14-33(4)5)24(35)17-22(29(21)37)32-30(38)20(3)9-8-10-25(39-6)28(36)19(2)11-12-23(34)26(16-18)40-7/h8-11,13,17-18,23,25-26,28,34-37H,12,14-16H2,1-7H3,(H,32,38)/b10-8?,19-11?,20-9+,31-13?. The summed E-state index contributed by atoms with van der Waals surface area (Å²) in [5.74, 6) is -0.959. The highest BCUT2D eigenvalue weighted by molar-refractivity contribution is 6.04. The maximum absolute atomic E-state index is 12.9. The van der Waals surface area contributed by atoms with Gasteiger partial charge in [-0.3, -0.25) is 9.79 Å². The molecule has 0 aliphatic carbocycles. The van der Waals surface area contributed by atoms with Crippen molar-refractivity contribution in [1.29, 1.82) is 0 Å². The molecule has 1 aromatic carbocycles. The number of aliphatic hydroxyl groups excluding tert-OH is 2. The number of methoxy groups -OCH3 is 2. The van der Waals surface area contributed by atoms with Gasteiger partial charge in [0, 0.05) is 44.2 Å². The Bertz CT molecular complexity index is 1130. The van der Waals surface area contributed by atoms with E-state index in [1.54, 1.807) is 44.4 Å². The minimum absolute atomic E-state index is 0.0549. The van der Waals surface area contributed by atoms with Crippen LogP contribution in [-0.2, 0) is 20.7 Å². The van der Waals surface area contributed by atoms with Gasteiger partial charge in [0.15, 0.2) is 0 Å². The van der Waals surface area contributed by atoms with Crippen LogP contribution in [0.1, 0.15) is 39.2 Å². The number of phenolic OH excluding ortho intramolecular Hbond substituents is 2. The molecule has 0 aromatic heterocycles. The number of nitrogens with one attached hydrogen (secondary N) is 1. The Kier molecular flexibility index (Phi) is 13.0. The predicted molar refractivity (Wildman–Crippen MR) is 157 cm³/mol. The number of hydrogen-bond donors (Lipinski definition) is 5. The van der Waals surface area contributed by atoms with Gasteiger partial charge in [-0.25, -0.2) is 0 Å². The second-order valence-electron chi connectivity index (χ2n) is 10.6. The number of rotatable bonds is 5. The van der Waals surface area contributed by atoms with Gasteiger partial charge >= 0.3 is 0 Å². The highest BCUT2D eigenvalue weighted by Gasteiger charge is 2.26. The second kappa shape index (κ2) is 15.7. The van der Waals surface area contributed by atoms with E-state index in [1.165, 1.54) is 20.3 Å². The normalized spacial score (nSPS) is 26.9. The quantitative estimate of drug-likeness (QED) is 0.160. The lowest BCUT2D eigenvalue weighted by molar-refractivity contribution is -0.112. The van der Waals surface area contributed by atoms with Crippen LogP contribution in [0.2, 0.25) is 0 Å². The van der Waals surface area contributed by atoms with E-state index < -0.39 is 30.3 Å². The molecular weight excluding hydrogens is 514 g/mol. The third-order valence-electron chi connectivity index (χ3n) is 6.92. The molecule has 2 rings (SSSR count). The van der Waals surface area contributed by atoms with Crippen molar-refractivity contribution in [2.75, 3.05) is 40.2 Å². The minimum atomic E-state index is -0.953. The van der Waals surface area contributed by atoms with Gasteiger partial charge in [-0.15, -0.1) is 0 Å². The number of hydrogen-bond acceptors (Lipinski definition) is 9. The first kappa shape index (κ1) is 33.2. The first-order chi connectivity index (χ1) is 18.9. The molecule has 5 unspecified atom stereocenters. The van der Waals surface area contributed by atoms with Crippen LogP contribution in [0.4, 0.5) is 11.4 Å². The molecule has 1 aliphatic heterocycles. The molecule has 222 valence electrons. The van der Waals surface area contributed by atoms with Crippen LogP contribution in [-0.4, -0.2) is 96.7 Å². The lowest BCUT2D eigenvalue weighted by Gasteiger charge is -2.25. The van der Waals surface area contributed by atoms with Gasteiger partial charge in [0.25, 0.3) is 5.91 Å². The first-order valence-corrected chi connectivity index (χ1v) is 13.4. The van der Waals surface area contributed by atoms with Gasteiger partial charge in [0.05, 0.1) is 17.9 Å². The summed E-state index contributed by atoms with van der Waals surface area (Å²) in [6.45, 7) is 5.84. The summed E-state index contributed by atoms with van der Waals surface area (Å²) in [5.41, 5.74) is 1.62. The van der Waals surface area contributed by atoms with Crippen LogP contribution in [0.3, 0.4) is 0 Å². The van der Waals surface area contributed by atoms with Gasteiger partial charge in [-0.1, -0.05) is 31.2 Å². The van der Waals surface area contributed by atoms with Crippen LogP contribution < -0.4 is 5.32 Å². The zero-order valence-corrected chi connectivity index (χ0v) is 24.6. The summed E-state index contributed by atoms with van der Waals surface area (Å²) in [6.07, 6.45) is 6.20. The molecule has 1 heterocycles. The number of phenols is 2. The first-order valence-electron chi connectivity index (χ1n) is 13.4. The maximum atomic E-state index is 12.9. The molecular formula is C30H45N3O7. The number of benzene rings is 1. The number of amides is 1. The van der Waals surface area contributed by atoms with Crippen molar-refractivity contribution >= 4 is 23.5 Å². The van der Waals surface area contributed by atoms with E-state index in [0.717, 1.165) is 0 Å². The molecule has 0 fully saturated rings. The molecule has 1 aliphatic rings. The number of aliphatic hydroxyl groups is 2. The predicted octanol–water partition coefficient (Wildman–Crippen LogP) is 3.47. The van der Waals surface area contributed by atoms with E-state index in [2.05, 4.69) is 10.3 Å². The van der Waals surface area contributed by atoms with Gasteiger partial charge in [0.2, 0.25) is 0 Å². The molecule has 40 heavy (non-hydrogen) atoms. The Balaban J connectivity index is 2.60. The summed E-state index contributed by atoms with van der Waals surface area (Å²) in [6, 6.07) is 1.28. The summed E-state index contributed by atoms with van der Waals surface area (Å²) >= 11 is 0. The van der Waals surface area contributed by atoms with Crippen LogP contribution in [0.25, 0.3) is 0 Å². The number of aliphatic imine (C=N–C) groups is 1. The Morgan fingerprint density at radius 2 is 1.88 bits per heavy atom. The van der Waals surface area contributed by atoms with Crippen molar-refractivity contribution in [3.05, 3.63) is 47.1 Å². The Morgan fingerprint density at radius 3 is 2.50 bits per heavy atom. The summed E-state index contributed by atoms with van der Waals surface area (Å²) in [5, 5.41) is 46.4. The van der Waals surface area contributed by atoms with Crippen LogP contribution in [0, 0.1) is 5.92 Å². The van der Waals surface area contributed by atoms with E-state index in [-0.39, 0.29) is 35.2 Å². The fourth-order valence-electron chi connectivity index (χ4n) is 4.43. The van der Waals surface area contributed by atoms with Crippen LogP contribution in [0.15, 0.2) is 46.5 Å². The Morgan fingerprint density at radius 1 is 1.18 bits per heavy atom. The van der Waals surface area contributed by atoms with E-state index in [4.69, 9.17) is 9.47 Å². The van der Waals surface area contributed by atoms with Crippen molar-refractivity contribution in [1.82, 2.24) is 4.90 Å². The minimum Gasteiger partial charge on any atom is -0.506 e. The number of carbonyl (C=O) groups is 1. The molecule has 1 aromatic rings. The van der Waals surface area contributed by atoms with Gasteiger partial charge in [0.1, 0.15) is 29.4 Å². The fraction of sp³-hybridized carbons (Fsp3) is 0.533. The monoisotopic (exact) mass is 559 g/mol. The highest BCUT2D eigenvalue weighted by atomic mass is 16.5. The largest absolute Gasteiger partial charge is 0.506 e. The number of aromatic hydroxyl groups is 2. The zero-order valence-electron chi connectivity index (χ0n) is 24.6. The third-order valence-corrected chi connectivity index (χ3v) is 6.92. The SMILES string of the molecule is COC1C=C/C=C(\C)C(=O)Nc2cc(O)c(N=CCN(C)C)c(c2O)CC(C)CC(OC)C(O)CC=C(C)C1O. The molecule has 0 spiro atoms. The van der Waals surface area contributed by atoms with E-state index >= 15 is 0 Å². The van der Waals surface area contributed by atoms with E-state index in [0.29, 0.717) is 36.1 Å². The molecule has 5 atom stereocenters. The molecule has 10 nitrogen and oxygen atoms in total. The second-order valence-corrected chi connectivity index (χ2v) is 10.6. The molecule has 0 radical (unpaired) electrons. The molecule has 0 saturated heterocycles. The van der Waals surface area contributed by atoms with Crippen LogP contribution >= 0.6 is 0 Å². The maximum Gasteiger partial charge on any atom is 0.251 e. The summed E-state index contributed by atoms with van der Waals surface area (Å²) in [4.78, 5) is 19.3. The van der Waals surface area contributed by atoms with E-state index in [1.807, 2.05) is 25.9 Å². The lowest BCUT2D eigenvalue weighted by atomic mass is 9.90. The highest BCUT2D eigenvalue weighted by Crippen LogP contribution is 2.44. The van der Waals surface area contributed by atoms with Gasteiger partial charge in [-0.2, -0.15) is 0 Å². The average Bonchev–Trinajstić information content (AvgIpc) is 2.91. The number of anilines is 1. The lowest BCUT2D eigenvalue weighted by Crippen LogP contribution is -2.31. The van der Waals surface area contributed by atoms with Gasteiger partial charge < -0.3 is 40.1 Å². The summed E-state index contributed by atoms with van der Waals surface area (Å²) < 4.78 is 11.0. The fourth-order valence-corrected chi connectivity index (χ4v) is 4.43. The van der Waals surface area contributed by atoms with Crippen molar-refractivity contribution in [3.63, 3.8) is 0 Å². The van der Waals surface area contributed by atoms with E-state index in [9.17, 15) is 25.2 Å². The summed E-state index contributed by atoms with van der Waals surface area (Å²) in [7, 11) is 6.78. The molecule has 5 N–H and O–H groups in total.